The molecule has 0 aliphatic heterocycles. The van der Waals surface area contributed by atoms with Crippen LogP contribution in [0.3, 0.4) is 0 Å². The van der Waals surface area contributed by atoms with Crippen molar-refractivity contribution in [2.24, 2.45) is 0 Å². The minimum absolute atomic E-state index is 0.423. The number of nitrogens with zero attached hydrogens (tertiary/aromatic N) is 4. The van der Waals surface area contributed by atoms with Crippen LogP contribution >= 0.6 is 23.1 Å². The molecule has 0 bridgehead atoms. The van der Waals surface area contributed by atoms with Crippen LogP contribution in [-0.2, 0) is 6.54 Å². The van der Waals surface area contributed by atoms with Gasteiger partial charge in [-0.15, -0.1) is 5.10 Å². The van der Waals surface area contributed by atoms with Crippen LogP contribution in [-0.4, -0.2) is 19.4 Å². The molecule has 0 spiro atoms. The highest BCUT2D eigenvalue weighted by atomic mass is 35.5. The number of aromatic nitrogens is 4. The lowest BCUT2D eigenvalue weighted by atomic mass is 10.1. The topological polar surface area (TPSA) is 43.6 Å². The predicted octanol–water partition coefficient (Wildman–Crippen LogP) is 3.23. The summed E-state index contributed by atoms with van der Waals surface area (Å²) in [5.74, 6) is 0. The van der Waals surface area contributed by atoms with Crippen molar-refractivity contribution >= 4 is 34.0 Å². The zero-order valence-corrected chi connectivity index (χ0v) is 10.7. The molecule has 0 fully saturated rings. The second-order valence-electron chi connectivity index (χ2n) is 3.59. The SMILES string of the molecule is CCn1nc(Cl)c(-c2cccc3csnc23)n1. The fourth-order valence-corrected chi connectivity index (χ4v) is 2.61. The van der Waals surface area contributed by atoms with E-state index in [-0.39, 0.29) is 0 Å². The molecule has 0 aliphatic carbocycles. The molecule has 86 valence electrons. The Hall–Kier alpha value is -1.46. The van der Waals surface area contributed by atoms with Gasteiger partial charge in [-0.25, -0.2) is 0 Å². The molecule has 0 unspecified atom stereocenters. The van der Waals surface area contributed by atoms with E-state index in [1.54, 1.807) is 4.80 Å². The molecule has 0 saturated heterocycles. The molecule has 17 heavy (non-hydrogen) atoms. The highest BCUT2D eigenvalue weighted by Crippen LogP contribution is 2.30. The number of fused-ring (bicyclic) bond motifs is 1. The van der Waals surface area contributed by atoms with Crippen LogP contribution in [0.2, 0.25) is 5.15 Å². The molecule has 2 aromatic heterocycles. The first kappa shape index (κ1) is 10.7. The Morgan fingerprint density at radius 3 is 3.00 bits per heavy atom. The van der Waals surface area contributed by atoms with Gasteiger partial charge in [0.15, 0.2) is 5.15 Å². The van der Waals surface area contributed by atoms with Crippen LogP contribution in [0.25, 0.3) is 22.2 Å². The molecular formula is C11H9ClN4S. The average Bonchev–Trinajstić information content (AvgIpc) is 2.94. The molecule has 1 aromatic carbocycles. The summed E-state index contributed by atoms with van der Waals surface area (Å²) in [7, 11) is 0. The van der Waals surface area contributed by atoms with Crippen molar-refractivity contribution < 1.29 is 0 Å². The van der Waals surface area contributed by atoms with Crippen molar-refractivity contribution in [1.29, 1.82) is 0 Å². The van der Waals surface area contributed by atoms with Gasteiger partial charge in [-0.3, -0.25) is 0 Å². The minimum atomic E-state index is 0.423. The predicted molar refractivity (Wildman–Crippen MR) is 69.3 cm³/mol. The van der Waals surface area contributed by atoms with Crippen molar-refractivity contribution in [1.82, 2.24) is 19.4 Å². The monoisotopic (exact) mass is 264 g/mol. The number of hydrogen-bond acceptors (Lipinski definition) is 4. The molecule has 0 aliphatic rings. The zero-order chi connectivity index (χ0) is 11.8. The molecule has 6 heteroatoms. The summed E-state index contributed by atoms with van der Waals surface area (Å²) in [5.41, 5.74) is 2.57. The molecule has 0 atom stereocenters. The van der Waals surface area contributed by atoms with Gasteiger partial charge in [0, 0.05) is 16.3 Å². The van der Waals surface area contributed by atoms with Crippen LogP contribution < -0.4 is 0 Å². The Balaban J connectivity index is 2.26. The Morgan fingerprint density at radius 2 is 2.24 bits per heavy atom. The van der Waals surface area contributed by atoms with Crippen molar-refractivity contribution in [3.05, 3.63) is 28.7 Å². The zero-order valence-electron chi connectivity index (χ0n) is 9.09. The fraction of sp³-hybridized carbons (Fsp3) is 0.182. The van der Waals surface area contributed by atoms with Crippen LogP contribution in [0.1, 0.15) is 6.92 Å². The second kappa shape index (κ2) is 4.09. The number of halogens is 1. The van der Waals surface area contributed by atoms with Crippen LogP contribution in [0.15, 0.2) is 23.6 Å². The van der Waals surface area contributed by atoms with E-state index in [9.17, 15) is 0 Å². The maximum atomic E-state index is 6.11. The summed E-state index contributed by atoms with van der Waals surface area (Å²) >= 11 is 7.54. The molecule has 0 saturated carbocycles. The normalized spacial score (nSPS) is 11.2. The summed E-state index contributed by atoms with van der Waals surface area (Å²) in [5, 5.41) is 12.1. The Bertz CT molecular complexity index is 673. The van der Waals surface area contributed by atoms with Gasteiger partial charge < -0.3 is 0 Å². The lowest BCUT2D eigenvalue weighted by molar-refractivity contribution is 0.571. The van der Waals surface area contributed by atoms with E-state index in [1.807, 2.05) is 30.5 Å². The lowest BCUT2D eigenvalue weighted by Crippen LogP contribution is -1.98. The first-order valence-corrected chi connectivity index (χ1v) is 6.45. The van der Waals surface area contributed by atoms with E-state index in [0.717, 1.165) is 16.5 Å². The quantitative estimate of drug-likeness (QED) is 0.714. The standard InChI is InChI=1S/C11H9ClN4S/c1-2-16-13-10(11(12)14-16)8-5-3-4-7-6-17-15-9(7)8/h3-6H,2H2,1H3. The molecule has 0 amide bonds. The van der Waals surface area contributed by atoms with Gasteiger partial charge in [0.2, 0.25) is 0 Å². The molecule has 3 aromatic rings. The fourth-order valence-electron chi connectivity index (χ4n) is 1.72. The van der Waals surface area contributed by atoms with E-state index in [1.165, 1.54) is 11.5 Å². The summed E-state index contributed by atoms with van der Waals surface area (Å²) in [6.07, 6.45) is 0. The van der Waals surface area contributed by atoms with E-state index >= 15 is 0 Å². The third-order valence-electron chi connectivity index (χ3n) is 2.54. The first-order valence-electron chi connectivity index (χ1n) is 5.23. The first-order chi connectivity index (χ1) is 8.29. The van der Waals surface area contributed by atoms with E-state index in [2.05, 4.69) is 14.6 Å². The third-order valence-corrected chi connectivity index (χ3v) is 3.44. The molecular weight excluding hydrogens is 256 g/mol. The molecule has 0 radical (unpaired) electrons. The van der Waals surface area contributed by atoms with Crippen LogP contribution in [0.4, 0.5) is 0 Å². The van der Waals surface area contributed by atoms with Gasteiger partial charge in [0.05, 0.1) is 12.1 Å². The second-order valence-corrected chi connectivity index (χ2v) is 4.57. The molecule has 0 N–H and O–H groups in total. The van der Waals surface area contributed by atoms with Crippen LogP contribution in [0, 0.1) is 0 Å². The number of hydrogen-bond donors (Lipinski definition) is 0. The van der Waals surface area contributed by atoms with Crippen molar-refractivity contribution in [3.63, 3.8) is 0 Å². The third kappa shape index (κ3) is 1.71. The van der Waals surface area contributed by atoms with Crippen LogP contribution in [0.5, 0.6) is 0 Å². The summed E-state index contributed by atoms with van der Waals surface area (Å²) in [4.78, 5) is 1.59. The average molecular weight is 265 g/mol. The molecule has 2 heterocycles. The van der Waals surface area contributed by atoms with E-state index in [0.29, 0.717) is 17.4 Å². The smallest absolute Gasteiger partial charge is 0.179 e. The maximum absolute atomic E-state index is 6.11. The Morgan fingerprint density at radius 1 is 1.35 bits per heavy atom. The van der Waals surface area contributed by atoms with Crippen molar-refractivity contribution in [2.45, 2.75) is 13.5 Å². The number of aryl methyl sites for hydroxylation is 1. The highest BCUT2D eigenvalue weighted by Gasteiger charge is 2.14. The van der Waals surface area contributed by atoms with Gasteiger partial charge in [-0.2, -0.15) is 14.3 Å². The molecule has 4 nitrogen and oxygen atoms in total. The summed E-state index contributed by atoms with van der Waals surface area (Å²) < 4.78 is 4.38. The van der Waals surface area contributed by atoms with Gasteiger partial charge in [0.1, 0.15) is 5.69 Å². The van der Waals surface area contributed by atoms with Crippen molar-refractivity contribution in [2.75, 3.05) is 0 Å². The van der Waals surface area contributed by atoms with Gasteiger partial charge >= 0.3 is 0 Å². The number of benzene rings is 1. The largest absolute Gasteiger partial charge is 0.192 e. The van der Waals surface area contributed by atoms with Gasteiger partial charge in [-0.1, -0.05) is 29.8 Å². The molecule has 3 rings (SSSR count). The highest BCUT2D eigenvalue weighted by molar-refractivity contribution is 7.04. The lowest BCUT2D eigenvalue weighted by Gasteiger charge is -1.97. The van der Waals surface area contributed by atoms with E-state index in [4.69, 9.17) is 11.6 Å². The Kier molecular flexibility index (Phi) is 2.57. The Labute approximate surface area is 107 Å². The summed E-state index contributed by atoms with van der Waals surface area (Å²) in [6, 6.07) is 5.98. The number of rotatable bonds is 2. The minimum Gasteiger partial charge on any atom is -0.192 e. The van der Waals surface area contributed by atoms with Gasteiger partial charge in [0.25, 0.3) is 0 Å². The van der Waals surface area contributed by atoms with Crippen molar-refractivity contribution in [3.8, 4) is 11.3 Å². The van der Waals surface area contributed by atoms with E-state index < -0.39 is 0 Å². The maximum Gasteiger partial charge on any atom is 0.179 e. The summed E-state index contributed by atoms with van der Waals surface area (Å²) in [6.45, 7) is 2.68. The van der Waals surface area contributed by atoms with Gasteiger partial charge in [-0.05, 0) is 18.5 Å².